The van der Waals surface area contributed by atoms with Crippen LogP contribution >= 0.6 is 28.1 Å². The molecule has 3 nitrogen and oxygen atoms in total. The summed E-state index contributed by atoms with van der Waals surface area (Å²) in [6.45, 7) is 0. The topological polar surface area (TPSA) is 41.0 Å². The van der Waals surface area contributed by atoms with Crippen LogP contribution in [0.25, 0.3) is 11.0 Å². The number of aliphatic hydroxyl groups is 1. The van der Waals surface area contributed by atoms with E-state index in [1.807, 2.05) is 4.57 Å². The molecule has 2 N–H and O–H groups in total. The Morgan fingerprint density at radius 1 is 1.32 bits per heavy atom. The number of halogens is 2. The van der Waals surface area contributed by atoms with Crippen LogP contribution in [0.1, 0.15) is 31.7 Å². The number of imidazole rings is 1. The second-order valence-electron chi connectivity index (χ2n) is 5.05. The summed E-state index contributed by atoms with van der Waals surface area (Å²) in [5, 5.41) is 9.58. The van der Waals surface area contributed by atoms with Gasteiger partial charge in [0.2, 0.25) is 0 Å². The average Bonchev–Trinajstić information content (AvgIpc) is 2.67. The third-order valence-electron chi connectivity index (χ3n) is 3.79. The minimum atomic E-state index is -0.286. The first kappa shape index (κ1) is 13.3. The molecule has 0 amide bonds. The SMILES string of the molecule is OC1CCC(n2c(=S)[nH]c3cc(Br)c(F)cc32)CC1. The number of aromatic nitrogens is 2. The van der Waals surface area contributed by atoms with Crippen molar-refractivity contribution in [2.45, 2.75) is 37.8 Å². The van der Waals surface area contributed by atoms with Gasteiger partial charge in [-0.05, 0) is 59.9 Å². The Morgan fingerprint density at radius 2 is 2.00 bits per heavy atom. The molecule has 1 aromatic heterocycles. The lowest BCUT2D eigenvalue weighted by Gasteiger charge is -2.27. The Kier molecular flexibility index (Phi) is 3.49. The van der Waals surface area contributed by atoms with Crippen LogP contribution in [0.2, 0.25) is 0 Å². The summed E-state index contributed by atoms with van der Waals surface area (Å²) < 4.78 is 16.8. The van der Waals surface area contributed by atoms with Gasteiger partial charge < -0.3 is 14.7 Å². The fourth-order valence-electron chi connectivity index (χ4n) is 2.80. The maximum absolute atomic E-state index is 13.7. The van der Waals surface area contributed by atoms with E-state index in [-0.39, 0.29) is 18.0 Å². The summed E-state index contributed by atoms with van der Waals surface area (Å²) in [6.07, 6.45) is 3.10. The molecule has 1 aliphatic carbocycles. The number of nitrogens with zero attached hydrogens (tertiary/aromatic N) is 1. The van der Waals surface area contributed by atoms with Crippen molar-refractivity contribution in [2.75, 3.05) is 0 Å². The average molecular weight is 345 g/mol. The molecule has 2 aromatic rings. The molecule has 1 fully saturated rings. The summed E-state index contributed by atoms with van der Waals surface area (Å²) in [6, 6.07) is 3.47. The molecule has 1 aromatic carbocycles. The summed E-state index contributed by atoms with van der Waals surface area (Å²) in [5.74, 6) is -0.286. The molecule has 19 heavy (non-hydrogen) atoms. The summed E-state index contributed by atoms with van der Waals surface area (Å²) in [4.78, 5) is 3.12. The Balaban J connectivity index is 2.10. The zero-order chi connectivity index (χ0) is 13.6. The van der Waals surface area contributed by atoms with E-state index in [4.69, 9.17) is 12.2 Å². The smallest absolute Gasteiger partial charge is 0.178 e. The maximum atomic E-state index is 13.7. The Morgan fingerprint density at radius 3 is 2.68 bits per heavy atom. The standard InChI is InChI=1S/C13H14BrFN2OS/c14-9-5-11-12(6-10(9)15)17(13(19)16-11)7-1-3-8(18)4-2-7/h5-8,18H,1-4H2,(H,16,19). The van der Waals surface area contributed by atoms with Crippen LogP contribution in [0.3, 0.4) is 0 Å². The fourth-order valence-corrected chi connectivity index (χ4v) is 3.50. The van der Waals surface area contributed by atoms with Gasteiger partial charge in [0.25, 0.3) is 0 Å². The van der Waals surface area contributed by atoms with E-state index in [2.05, 4.69) is 20.9 Å². The van der Waals surface area contributed by atoms with Crippen molar-refractivity contribution < 1.29 is 9.50 Å². The zero-order valence-corrected chi connectivity index (χ0v) is 12.6. The highest BCUT2D eigenvalue weighted by Crippen LogP contribution is 2.33. The molecule has 0 atom stereocenters. The quantitative estimate of drug-likeness (QED) is 0.765. The number of benzene rings is 1. The Hall–Kier alpha value is -0.720. The van der Waals surface area contributed by atoms with E-state index in [9.17, 15) is 9.50 Å². The van der Waals surface area contributed by atoms with Crippen molar-refractivity contribution in [2.24, 2.45) is 0 Å². The maximum Gasteiger partial charge on any atom is 0.178 e. The van der Waals surface area contributed by atoms with Crippen LogP contribution < -0.4 is 0 Å². The summed E-state index contributed by atoms with van der Waals surface area (Å²) in [5.41, 5.74) is 1.64. The second kappa shape index (κ2) is 5.00. The van der Waals surface area contributed by atoms with Crippen LogP contribution in [0, 0.1) is 10.6 Å². The molecule has 0 aliphatic heterocycles. The van der Waals surface area contributed by atoms with E-state index in [1.165, 1.54) is 6.07 Å². The molecule has 1 saturated carbocycles. The normalized spacial score (nSPS) is 23.9. The number of nitrogens with one attached hydrogen (secondary N) is 1. The first-order valence-electron chi connectivity index (χ1n) is 6.33. The molecule has 6 heteroatoms. The van der Waals surface area contributed by atoms with Gasteiger partial charge in [0, 0.05) is 12.1 Å². The minimum Gasteiger partial charge on any atom is -0.393 e. The van der Waals surface area contributed by atoms with E-state index in [0.717, 1.165) is 36.7 Å². The van der Waals surface area contributed by atoms with Gasteiger partial charge in [-0.25, -0.2) is 4.39 Å². The number of hydrogen-bond acceptors (Lipinski definition) is 2. The predicted molar refractivity (Wildman–Crippen MR) is 78.3 cm³/mol. The molecule has 3 rings (SSSR count). The van der Waals surface area contributed by atoms with Crippen molar-refractivity contribution in [3.63, 3.8) is 0 Å². The van der Waals surface area contributed by atoms with Crippen molar-refractivity contribution in [3.8, 4) is 0 Å². The third-order valence-corrected chi connectivity index (χ3v) is 4.70. The molecule has 0 unspecified atom stereocenters. The molecule has 0 saturated heterocycles. The highest BCUT2D eigenvalue weighted by molar-refractivity contribution is 9.10. The van der Waals surface area contributed by atoms with Crippen molar-refractivity contribution in [1.29, 1.82) is 0 Å². The van der Waals surface area contributed by atoms with Gasteiger partial charge in [-0.3, -0.25) is 0 Å². The monoisotopic (exact) mass is 344 g/mol. The molecule has 0 radical (unpaired) electrons. The van der Waals surface area contributed by atoms with E-state index < -0.39 is 0 Å². The van der Waals surface area contributed by atoms with Crippen molar-refractivity contribution >= 4 is 39.2 Å². The molecular formula is C13H14BrFN2OS. The van der Waals surface area contributed by atoms with Gasteiger partial charge in [0.15, 0.2) is 4.77 Å². The first-order chi connectivity index (χ1) is 9.06. The molecule has 1 heterocycles. The van der Waals surface area contributed by atoms with E-state index >= 15 is 0 Å². The van der Waals surface area contributed by atoms with Gasteiger partial charge >= 0.3 is 0 Å². The van der Waals surface area contributed by atoms with Crippen LogP contribution in [0.4, 0.5) is 4.39 Å². The lowest BCUT2D eigenvalue weighted by molar-refractivity contribution is 0.111. The summed E-state index contributed by atoms with van der Waals surface area (Å²) >= 11 is 8.54. The third kappa shape index (κ3) is 2.37. The highest BCUT2D eigenvalue weighted by atomic mass is 79.9. The minimum absolute atomic E-state index is 0.207. The highest BCUT2D eigenvalue weighted by Gasteiger charge is 2.23. The van der Waals surface area contributed by atoms with Gasteiger partial charge in [-0.1, -0.05) is 0 Å². The van der Waals surface area contributed by atoms with Crippen LogP contribution in [-0.4, -0.2) is 20.8 Å². The molecule has 0 bridgehead atoms. The number of hydrogen-bond donors (Lipinski definition) is 2. The van der Waals surface area contributed by atoms with Gasteiger partial charge in [0.1, 0.15) is 5.82 Å². The summed E-state index contributed by atoms with van der Waals surface area (Å²) in [7, 11) is 0. The van der Waals surface area contributed by atoms with Gasteiger partial charge in [-0.15, -0.1) is 0 Å². The lowest BCUT2D eigenvalue weighted by Crippen LogP contribution is -2.21. The molecule has 102 valence electrons. The van der Waals surface area contributed by atoms with Crippen LogP contribution in [-0.2, 0) is 0 Å². The zero-order valence-electron chi connectivity index (χ0n) is 10.2. The van der Waals surface area contributed by atoms with E-state index in [0.29, 0.717) is 9.24 Å². The Bertz CT molecular complexity index is 673. The number of aliphatic hydroxyl groups excluding tert-OH is 1. The van der Waals surface area contributed by atoms with Crippen molar-refractivity contribution in [1.82, 2.24) is 9.55 Å². The molecule has 0 spiro atoms. The predicted octanol–water partition coefficient (Wildman–Crippen LogP) is 4.08. The number of rotatable bonds is 1. The number of H-pyrrole nitrogens is 1. The van der Waals surface area contributed by atoms with Gasteiger partial charge in [-0.2, -0.15) is 0 Å². The largest absolute Gasteiger partial charge is 0.393 e. The second-order valence-corrected chi connectivity index (χ2v) is 6.29. The lowest BCUT2D eigenvalue weighted by atomic mass is 9.93. The van der Waals surface area contributed by atoms with E-state index in [1.54, 1.807) is 6.07 Å². The number of aromatic amines is 1. The van der Waals surface area contributed by atoms with Crippen molar-refractivity contribution in [3.05, 3.63) is 27.2 Å². The first-order valence-corrected chi connectivity index (χ1v) is 7.53. The molecular weight excluding hydrogens is 331 g/mol. The van der Waals surface area contributed by atoms with Crippen LogP contribution in [0.5, 0.6) is 0 Å². The van der Waals surface area contributed by atoms with Gasteiger partial charge in [0.05, 0.1) is 21.6 Å². The molecule has 1 aliphatic rings. The fraction of sp³-hybridized carbons (Fsp3) is 0.462. The Labute approximate surface area is 123 Å². The number of fused-ring (bicyclic) bond motifs is 1. The van der Waals surface area contributed by atoms with Crippen LogP contribution in [0.15, 0.2) is 16.6 Å².